The molecular weight excluding hydrogens is 282 g/mol. The fraction of sp³-hybridized carbons (Fsp3) is 0.455. The Morgan fingerprint density at radius 1 is 1.52 bits per heavy atom. The van der Waals surface area contributed by atoms with Gasteiger partial charge >= 0.3 is 5.69 Å². The van der Waals surface area contributed by atoms with Gasteiger partial charge in [0.15, 0.2) is 0 Å². The van der Waals surface area contributed by atoms with Crippen LogP contribution in [0.5, 0.6) is 0 Å². The number of aliphatic hydroxyl groups is 2. The van der Waals surface area contributed by atoms with Gasteiger partial charge in [-0.2, -0.15) is 0 Å². The molecule has 0 spiro atoms. The van der Waals surface area contributed by atoms with Crippen LogP contribution in [-0.4, -0.2) is 39.1 Å². The monoisotopic (exact) mass is 297 g/mol. The molecule has 0 aliphatic carbocycles. The number of aliphatic hydroxyl groups excluding tert-OH is 2. The third-order valence-corrected chi connectivity index (χ3v) is 2.61. The van der Waals surface area contributed by atoms with Gasteiger partial charge in [0.2, 0.25) is 0 Å². The van der Waals surface area contributed by atoms with Crippen LogP contribution in [0.3, 0.4) is 0 Å². The highest BCUT2D eigenvalue weighted by atomic mass is 16.5. The molecule has 0 bridgehead atoms. The van der Waals surface area contributed by atoms with E-state index in [-0.39, 0.29) is 12.3 Å². The normalized spacial score (nSPS) is 12.0. The molecule has 10 nitrogen and oxygen atoms in total. The first-order valence-corrected chi connectivity index (χ1v) is 5.91. The van der Waals surface area contributed by atoms with E-state index in [0.29, 0.717) is 0 Å². The second-order valence-electron chi connectivity index (χ2n) is 3.98. The highest BCUT2D eigenvalue weighted by Gasteiger charge is 2.13. The van der Waals surface area contributed by atoms with E-state index in [4.69, 9.17) is 20.5 Å². The van der Waals surface area contributed by atoms with Gasteiger partial charge in [0.05, 0.1) is 19.3 Å². The van der Waals surface area contributed by atoms with Crippen LogP contribution in [0.4, 0.5) is 0 Å². The number of ether oxygens (including phenoxy) is 1. The fourth-order valence-corrected chi connectivity index (χ4v) is 1.47. The molecule has 1 unspecified atom stereocenters. The third kappa shape index (κ3) is 4.29. The maximum atomic E-state index is 11.7. The number of H-pyrrole nitrogens is 1. The molecule has 0 aliphatic heterocycles. The second kappa shape index (κ2) is 8.02. The minimum atomic E-state index is -0.933. The van der Waals surface area contributed by atoms with E-state index in [9.17, 15) is 9.59 Å². The fourth-order valence-electron chi connectivity index (χ4n) is 1.47. The van der Waals surface area contributed by atoms with Crippen LogP contribution < -0.4 is 11.2 Å². The van der Waals surface area contributed by atoms with Crippen molar-refractivity contribution in [3.63, 3.8) is 0 Å². The molecule has 1 aromatic heterocycles. The molecule has 21 heavy (non-hydrogen) atoms. The smallest absolute Gasteiger partial charge is 0.330 e. The standard InChI is InChI=1S/C11H15N5O5/c1-2-9(14-15-12)8-3-16(11(20)13-10(8)19)6-21-7(4-17)5-18/h2-3,7,9,17-18H,1,4-6H2,(H,13,19,20). The minimum Gasteiger partial charge on any atom is -0.394 e. The molecule has 0 aromatic carbocycles. The molecule has 0 fully saturated rings. The van der Waals surface area contributed by atoms with Crippen molar-refractivity contribution in [3.8, 4) is 0 Å². The topological polar surface area (TPSA) is 153 Å². The molecule has 1 rings (SSSR count). The lowest BCUT2D eigenvalue weighted by molar-refractivity contribution is -0.0513. The van der Waals surface area contributed by atoms with Gasteiger partial charge in [-0.05, 0) is 5.53 Å². The molecular formula is C11H15N5O5. The van der Waals surface area contributed by atoms with Crippen molar-refractivity contribution < 1.29 is 14.9 Å². The lowest BCUT2D eigenvalue weighted by Gasteiger charge is -2.14. The Bertz CT molecular complexity index is 641. The molecule has 0 saturated heterocycles. The third-order valence-electron chi connectivity index (χ3n) is 2.61. The van der Waals surface area contributed by atoms with Crippen molar-refractivity contribution in [1.29, 1.82) is 0 Å². The highest BCUT2D eigenvalue weighted by Crippen LogP contribution is 2.13. The summed E-state index contributed by atoms with van der Waals surface area (Å²) in [5.74, 6) is 0. The zero-order chi connectivity index (χ0) is 15.8. The number of hydrogen-bond acceptors (Lipinski definition) is 6. The van der Waals surface area contributed by atoms with Gasteiger partial charge in [-0.25, -0.2) is 4.79 Å². The van der Waals surface area contributed by atoms with E-state index in [1.807, 2.05) is 0 Å². The molecule has 1 aromatic rings. The molecule has 0 aliphatic rings. The molecule has 10 heteroatoms. The summed E-state index contributed by atoms with van der Waals surface area (Å²) in [6, 6.07) is -0.933. The number of nitrogens with one attached hydrogen (secondary N) is 1. The minimum absolute atomic E-state index is 0.0237. The Labute approximate surface area is 118 Å². The average molecular weight is 297 g/mol. The summed E-state index contributed by atoms with van der Waals surface area (Å²) in [7, 11) is 0. The molecule has 0 saturated carbocycles. The summed E-state index contributed by atoms with van der Waals surface area (Å²) in [5, 5.41) is 21.1. The maximum Gasteiger partial charge on any atom is 0.330 e. The van der Waals surface area contributed by atoms with Crippen LogP contribution in [-0.2, 0) is 11.5 Å². The van der Waals surface area contributed by atoms with Gasteiger partial charge in [-0.3, -0.25) is 14.3 Å². The quantitative estimate of drug-likeness (QED) is 0.253. The van der Waals surface area contributed by atoms with Crippen molar-refractivity contribution in [2.24, 2.45) is 5.11 Å². The molecule has 0 amide bonds. The first-order chi connectivity index (χ1) is 10.1. The van der Waals surface area contributed by atoms with Gasteiger partial charge in [-0.15, -0.1) is 6.58 Å². The predicted molar refractivity (Wildman–Crippen MR) is 72.5 cm³/mol. The van der Waals surface area contributed by atoms with Crippen LogP contribution >= 0.6 is 0 Å². The van der Waals surface area contributed by atoms with Crippen LogP contribution in [0.2, 0.25) is 0 Å². The molecule has 1 atom stereocenters. The number of aromatic amines is 1. The zero-order valence-electron chi connectivity index (χ0n) is 11.0. The van der Waals surface area contributed by atoms with E-state index >= 15 is 0 Å². The highest BCUT2D eigenvalue weighted by molar-refractivity contribution is 5.16. The summed E-state index contributed by atoms with van der Waals surface area (Å²) >= 11 is 0. The van der Waals surface area contributed by atoms with Crippen LogP contribution in [0.1, 0.15) is 11.6 Å². The zero-order valence-corrected chi connectivity index (χ0v) is 11.0. The van der Waals surface area contributed by atoms with E-state index in [1.54, 1.807) is 0 Å². The lowest BCUT2D eigenvalue weighted by Crippen LogP contribution is -2.34. The first-order valence-electron chi connectivity index (χ1n) is 5.91. The van der Waals surface area contributed by atoms with Gasteiger partial charge in [-0.1, -0.05) is 11.2 Å². The van der Waals surface area contributed by atoms with Crippen molar-refractivity contribution in [3.05, 3.63) is 55.7 Å². The Morgan fingerprint density at radius 2 is 2.19 bits per heavy atom. The summed E-state index contributed by atoms with van der Waals surface area (Å²) in [6.45, 7) is 2.31. The van der Waals surface area contributed by atoms with E-state index in [2.05, 4.69) is 21.6 Å². The van der Waals surface area contributed by atoms with Crippen LogP contribution in [0.25, 0.3) is 10.4 Å². The number of nitrogens with zero attached hydrogens (tertiary/aromatic N) is 4. The summed E-state index contributed by atoms with van der Waals surface area (Å²) < 4.78 is 6.10. The van der Waals surface area contributed by atoms with Crippen LogP contribution in [0, 0.1) is 0 Å². The van der Waals surface area contributed by atoms with Crippen molar-refractivity contribution in [2.45, 2.75) is 18.9 Å². The Balaban J connectivity index is 3.11. The number of hydrogen-bond donors (Lipinski definition) is 3. The summed E-state index contributed by atoms with van der Waals surface area (Å²) in [6.07, 6.45) is 1.58. The largest absolute Gasteiger partial charge is 0.394 e. The van der Waals surface area contributed by atoms with Gasteiger partial charge < -0.3 is 14.9 Å². The van der Waals surface area contributed by atoms with E-state index in [1.165, 1.54) is 12.3 Å². The molecule has 1 heterocycles. The van der Waals surface area contributed by atoms with E-state index in [0.717, 1.165) is 4.57 Å². The van der Waals surface area contributed by atoms with Crippen molar-refractivity contribution in [2.75, 3.05) is 13.2 Å². The number of azide groups is 1. The Kier molecular flexibility index (Phi) is 6.37. The lowest BCUT2D eigenvalue weighted by atomic mass is 10.1. The van der Waals surface area contributed by atoms with Crippen molar-refractivity contribution in [1.82, 2.24) is 9.55 Å². The molecule has 0 radical (unpaired) electrons. The number of aromatic nitrogens is 2. The summed E-state index contributed by atoms with van der Waals surface area (Å²) in [4.78, 5) is 28.0. The molecule has 3 N–H and O–H groups in total. The average Bonchev–Trinajstić information content (AvgIpc) is 2.48. The Hall–Kier alpha value is -2.39. The van der Waals surface area contributed by atoms with Crippen molar-refractivity contribution >= 4 is 0 Å². The Morgan fingerprint density at radius 3 is 2.71 bits per heavy atom. The first kappa shape index (κ1) is 16.7. The number of rotatable bonds is 8. The molecule has 114 valence electrons. The SMILES string of the molecule is C=CC(N=[N+]=[N-])c1cn(COC(CO)CO)c(=O)[nH]c1=O. The maximum absolute atomic E-state index is 11.7. The van der Waals surface area contributed by atoms with Gasteiger partial charge in [0.25, 0.3) is 5.56 Å². The predicted octanol–water partition coefficient (Wildman–Crippen LogP) is -0.599. The van der Waals surface area contributed by atoms with Gasteiger partial charge in [0, 0.05) is 16.7 Å². The van der Waals surface area contributed by atoms with Crippen LogP contribution in [0.15, 0.2) is 33.6 Å². The summed E-state index contributed by atoms with van der Waals surface area (Å²) in [5.41, 5.74) is 7.02. The second-order valence-corrected chi connectivity index (χ2v) is 3.98. The van der Waals surface area contributed by atoms with E-state index < -0.39 is 36.6 Å². The van der Waals surface area contributed by atoms with Gasteiger partial charge in [0.1, 0.15) is 12.8 Å².